The number of carbonyl (C=O) groups excluding carboxylic acids is 1. The van der Waals surface area contributed by atoms with Gasteiger partial charge in [0.05, 0.1) is 24.2 Å². The summed E-state index contributed by atoms with van der Waals surface area (Å²) in [6, 6.07) is 14.5. The molecule has 0 aliphatic rings. The Morgan fingerprint density at radius 1 is 1.18 bits per heavy atom. The van der Waals surface area contributed by atoms with E-state index in [1.807, 2.05) is 18.2 Å². The fourth-order valence-electron chi connectivity index (χ4n) is 3.44. The van der Waals surface area contributed by atoms with Gasteiger partial charge in [-0.05, 0) is 55.0 Å². The lowest BCUT2D eigenvalue weighted by Gasteiger charge is -2.15. The third-order valence-corrected chi connectivity index (χ3v) is 4.90. The van der Waals surface area contributed by atoms with Gasteiger partial charge in [-0.25, -0.2) is 4.98 Å². The molecule has 3 rings (SSSR count). The molecule has 5 nitrogen and oxygen atoms in total. The van der Waals surface area contributed by atoms with Crippen molar-refractivity contribution in [2.45, 2.75) is 52.6 Å². The van der Waals surface area contributed by atoms with E-state index in [-0.39, 0.29) is 0 Å². The van der Waals surface area contributed by atoms with Crippen molar-refractivity contribution in [3.05, 3.63) is 59.4 Å². The van der Waals surface area contributed by atoms with E-state index < -0.39 is 0 Å². The van der Waals surface area contributed by atoms with Crippen molar-refractivity contribution in [2.24, 2.45) is 0 Å². The molecule has 28 heavy (non-hydrogen) atoms. The summed E-state index contributed by atoms with van der Waals surface area (Å²) in [5.41, 5.74) is 4.54. The Bertz CT molecular complexity index is 931. The van der Waals surface area contributed by atoms with Crippen LogP contribution in [0.2, 0.25) is 0 Å². The van der Waals surface area contributed by atoms with Crippen molar-refractivity contribution in [3.63, 3.8) is 0 Å². The zero-order valence-electron chi connectivity index (χ0n) is 16.9. The lowest BCUT2D eigenvalue weighted by molar-refractivity contribution is -0.109. The van der Waals surface area contributed by atoms with E-state index in [4.69, 9.17) is 4.74 Å². The number of carbonyl (C=O) groups is 1. The maximum Gasteiger partial charge on any atom is 0.207 e. The molecule has 0 atom stereocenters. The van der Waals surface area contributed by atoms with Crippen LogP contribution in [0.15, 0.2) is 42.5 Å². The highest BCUT2D eigenvalue weighted by molar-refractivity contribution is 5.75. The van der Waals surface area contributed by atoms with E-state index in [1.54, 1.807) is 0 Å². The second-order valence-corrected chi connectivity index (χ2v) is 7.42. The predicted octanol–water partition coefficient (Wildman–Crippen LogP) is 4.57. The molecule has 0 saturated heterocycles. The Hall–Kier alpha value is -2.82. The molecule has 1 N–H and O–H groups in total. The maximum atomic E-state index is 10.7. The minimum Gasteiger partial charge on any atom is -0.493 e. The van der Waals surface area contributed by atoms with Crippen LogP contribution in [0, 0.1) is 6.92 Å². The number of rotatable bonds is 10. The molecule has 0 radical (unpaired) electrons. The van der Waals surface area contributed by atoms with Crippen molar-refractivity contribution in [1.29, 1.82) is 0 Å². The lowest BCUT2D eigenvalue weighted by atomic mass is 10.0. The number of amides is 1. The van der Waals surface area contributed by atoms with E-state index in [9.17, 15) is 4.79 Å². The number of imidazole rings is 1. The number of aromatic nitrogens is 2. The number of aryl methyl sites for hydroxylation is 2. The van der Waals surface area contributed by atoms with Crippen LogP contribution in [0.3, 0.4) is 0 Å². The molecule has 1 aromatic heterocycles. The molecule has 0 bridgehead atoms. The van der Waals surface area contributed by atoms with Crippen LogP contribution in [0.25, 0.3) is 11.0 Å². The molecule has 2 aromatic carbocycles. The molecule has 148 valence electrons. The Balaban J connectivity index is 1.60. The largest absolute Gasteiger partial charge is 0.493 e. The highest BCUT2D eigenvalue weighted by Gasteiger charge is 2.10. The quantitative estimate of drug-likeness (QED) is 0.415. The first-order chi connectivity index (χ1) is 13.6. The first-order valence-corrected chi connectivity index (χ1v) is 9.94. The molecule has 1 heterocycles. The number of benzene rings is 2. The van der Waals surface area contributed by atoms with E-state index in [1.165, 1.54) is 11.1 Å². The number of ether oxygens (including phenoxy) is 1. The fraction of sp³-hybridized carbons (Fsp3) is 0.391. The topological polar surface area (TPSA) is 56.1 Å². The van der Waals surface area contributed by atoms with Gasteiger partial charge in [0.2, 0.25) is 6.41 Å². The number of nitrogens with one attached hydrogen (secondary N) is 1. The van der Waals surface area contributed by atoms with Gasteiger partial charge in [0, 0.05) is 6.54 Å². The number of nitrogens with zero attached hydrogens (tertiary/aromatic N) is 2. The van der Waals surface area contributed by atoms with Gasteiger partial charge in [0.1, 0.15) is 11.6 Å². The second-order valence-electron chi connectivity index (χ2n) is 7.42. The number of para-hydroxylation sites is 2. The third-order valence-electron chi connectivity index (χ3n) is 4.90. The van der Waals surface area contributed by atoms with Crippen molar-refractivity contribution >= 4 is 17.4 Å². The van der Waals surface area contributed by atoms with Gasteiger partial charge in [-0.2, -0.15) is 0 Å². The van der Waals surface area contributed by atoms with E-state index in [0.717, 1.165) is 42.0 Å². The average molecular weight is 380 g/mol. The smallest absolute Gasteiger partial charge is 0.207 e. The molecule has 5 heteroatoms. The Morgan fingerprint density at radius 3 is 2.79 bits per heavy atom. The third kappa shape index (κ3) is 4.71. The van der Waals surface area contributed by atoms with Gasteiger partial charge in [0.15, 0.2) is 0 Å². The van der Waals surface area contributed by atoms with Crippen LogP contribution in [-0.2, 0) is 17.9 Å². The molecule has 0 unspecified atom stereocenters. The number of hydrogen-bond donors (Lipinski definition) is 1. The SMILES string of the molecule is Cc1ccc(C(C)C)c(OCCCCn2c(CNC=O)nc3ccccc32)c1. The summed E-state index contributed by atoms with van der Waals surface area (Å²) in [4.78, 5) is 15.3. The normalized spacial score (nSPS) is 11.1. The van der Waals surface area contributed by atoms with Gasteiger partial charge in [0.25, 0.3) is 0 Å². The molecule has 3 aromatic rings. The highest BCUT2D eigenvalue weighted by Crippen LogP contribution is 2.27. The van der Waals surface area contributed by atoms with Crippen LogP contribution in [0.4, 0.5) is 0 Å². The van der Waals surface area contributed by atoms with Crippen LogP contribution >= 0.6 is 0 Å². The summed E-state index contributed by atoms with van der Waals surface area (Å²) < 4.78 is 8.29. The summed E-state index contributed by atoms with van der Waals surface area (Å²) in [7, 11) is 0. The molecule has 0 spiro atoms. The van der Waals surface area contributed by atoms with Crippen LogP contribution in [0.5, 0.6) is 5.75 Å². The summed E-state index contributed by atoms with van der Waals surface area (Å²) in [6.45, 7) is 8.46. The van der Waals surface area contributed by atoms with Gasteiger partial charge in [-0.1, -0.05) is 38.1 Å². The minimum atomic E-state index is 0.440. The maximum absolute atomic E-state index is 10.7. The number of hydrogen-bond acceptors (Lipinski definition) is 3. The van der Waals surface area contributed by atoms with E-state index in [2.05, 4.69) is 59.9 Å². The monoisotopic (exact) mass is 379 g/mol. The van der Waals surface area contributed by atoms with Gasteiger partial charge in [-0.15, -0.1) is 0 Å². The molecule has 0 aliphatic heterocycles. The standard InChI is InChI=1S/C23H29N3O2/c1-17(2)19-11-10-18(3)14-22(19)28-13-7-6-12-26-21-9-5-4-8-20(21)25-23(26)15-24-16-27/h4-5,8-11,14,16-17H,6-7,12-13,15H2,1-3H3,(H,24,27). The molecular weight excluding hydrogens is 350 g/mol. The molecule has 0 saturated carbocycles. The first kappa shape index (κ1) is 19.9. The number of unbranched alkanes of at least 4 members (excludes halogenated alkanes) is 1. The van der Waals surface area contributed by atoms with Crippen molar-refractivity contribution in [1.82, 2.24) is 14.9 Å². The zero-order chi connectivity index (χ0) is 19.9. The molecule has 1 amide bonds. The lowest BCUT2D eigenvalue weighted by Crippen LogP contribution is -2.15. The highest BCUT2D eigenvalue weighted by atomic mass is 16.5. The average Bonchev–Trinajstić information content (AvgIpc) is 3.03. The summed E-state index contributed by atoms with van der Waals surface area (Å²) in [5.74, 6) is 2.33. The Labute approximate surface area is 166 Å². The zero-order valence-corrected chi connectivity index (χ0v) is 16.9. The van der Waals surface area contributed by atoms with E-state index in [0.29, 0.717) is 25.5 Å². The Morgan fingerprint density at radius 2 is 2.00 bits per heavy atom. The van der Waals surface area contributed by atoms with Crippen molar-refractivity contribution in [3.8, 4) is 5.75 Å². The van der Waals surface area contributed by atoms with Gasteiger partial charge in [-0.3, -0.25) is 4.79 Å². The summed E-state index contributed by atoms with van der Waals surface area (Å²) in [6.07, 6.45) is 2.65. The van der Waals surface area contributed by atoms with Crippen LogP contribution in [-0.4, -0.2) is 22.6 Å². The summed E-state index contributed by atoms with van der Waals surface area (Å²) in [5, 5.41) is 2.72. The van der Waals surface area contributed by atoms with Crippen molar-refractivity contribution < 1.29 is 9.53 Å². The fourth-order valence-corrected chi connectivity index (χ4v) is 3.44. The molecule has 0 aliphatic carbocycles. The summed E-state index contributed by atoms with van der Waals surface area (Å²) >= 11 is 0. The Kier molecular flexibility index (Phi) is 6.69. The first-order valence-electron chi connectivity index (χ1n) is 9.94. The van der Waals surface area contributed by atoms with E-state index >= 15 is 0 Å². The molecule has 0 fully saturated rings. The van der Waals surface area contributed by atoms with Crippen LogP contribution in [0.1, 0.15) is 49.6 Å². The van der Waals surface area contributed by atoms with Gasteiger partial charge >= 0.3 is 0 Å². The predicted molar refractivity (Wildman–Crippen MR) is 113 cm³/mol. The second kappa shape index (κ2) is 9.40. The number of fused-ring (bicyclic) bond motifs is 1. The molecular formula is C23H29N3O2. The van der Waals surface area contributed by atoms with Gasteiger partial charge < -0.3 is 14.6 Å². The minimum absolute atomic E-state index is 0.440. The van der Waals surface area contributed by atoms with Crippen LogP contribution < -0.4 is 10.1 Å². The van der Waals surface area contributed by atoms with Crippen molar-refractivity contribution in [2.75, 3.05) is 6.61 Å².